The maximum absolute atomic E-state index is 14.5. The van der Waals surface area contributed by atoms with E-state index in [0.717, 1.165) is 31.2 Å². The first-order valence-electron chi connectivity index (χ1n) is 9.67. The van der Waals surface area contributed by atoms with Gasteiger partial charge >= 0.3 is 5.97 Å². The predicted molar refractivity (Wildman–Crippen MR) is 99.4 cm³/mol. The standard InChI is InChI=1S/C22H26FNO3/c1-21(2,24-3)18-9-8-15(12-19(18)23)10-11-22(16-6-4-5-7-16)14-17(25)13-20(26)27-22/h8-9,12,16H,4-7,10-11,13-14H2,1-2H3/t22-/m1/s1. The molecule has 2 aliphatic rings. The van der Waals surface area contributed by atoms with E-state index in [4.69, 9.17) is 11.3 Å². The minimum atomic E-state index is -0.904. The highest BCUT2D eigenvalue weighted by molar-refractivity contribution is 5.98. The lowest BCUT2D eigenvalue weighted by Crippen LogP contribution is -2.48. The second-order valence-corrected chi connectivity index (χ2v) is 8.40. The number of cyclic esters (lactones) is 1. The van der Waals surface area contributed by atoms with Crippen molar-refractivity contribution in [3.05, 3.63) is 46.6 Å². The largest absolute Gasteiger partial charge is 0.458 e. The van der Waals surface area contributed by atoms with E-state index in [0.29, 0.717) is 18.4 Å². The number of Topliss-reactive ketones (excluding diaryl/α,β-unsaturated/α-hetero) is 1. The highest BCUT2D eigenvalue weighted by atomic mass is 19.1. The van der Waals surface area contributed by atoms with Crippen molar-refractivity contribution in [3.63, 3.8) is 0 Å². The number of hydrogen-bond donors (Lipinski definition) is 0. The zero-order chi connectivity index (χ0) is 19.7. The van der Waals surface area contributed by atoms with Crippen molar-refractivity contribution < 1.29 is 18.7 Å². The van der Waals surface area contributed by atoms with Gasteiger partial charge in [0.1, 0.15) is 23.6 Å². The molecule has 1 atom stereocenters. The van der Waals surface area contributed by atoms with Crippen LogP contribution in [0.3, 0.4) is 0 Å². The van der Waals surface area contributed by atoms with Gasteiger partial charge in [-0.15, -0.1) is 0 Å². The molecule has 0 radical (unpaired) electrons. The number of ether oxygens (including phenoxy) is 1. The first-order valence-corrected chi connectivity index (χ1v) is 9.67. The summed E-state index contributed by atoms with van der Waals surface area (Å²) in [5, 5.41) is 0. The quantitative estimate of drug-likeness (QED) is 0.426. The van der Waals surface area contributed by atoms with Gasteiger partial charge in [0, 0.05) is 20.3 Å². The summed E-state index contributed by atoms with van der Waals surface area (Å²) in [5.41, 5.74) is -0.471. The molecule has 1 aliphatic carbocycles. The van der Waals surface area contributed by atoms with Gasteiger partial charge in [0.25, 0.3) is 5.54 Å². The molecule has 3 rings (SSSR count). The number of carbonyl (C=O) groups is 2. The van der Waals surface area contributed by atoms with E-state index < -0.39 is 17.1 Å². The Balaban J connectivity index is 1.80. The molecule has 0 spiro atoms. The third kappa shape index (κ3) is 4.05. The fourth-order valence-corrected chi connectivity index (χ4v) is 4.51. The summed E-state index contributed by atoms with van der Waals surface area (Å²) < 4.78 is 20.3. The van der Waals surface area contributed by atoms with E-state index in [1.54, 1.807) is 19.9 Å². The Labute approximate surface area is 159 Å². The number of halogens is 1. The van der Waals surface area contributed by atoms with Crippen LogP contribution in [-0.2, 0) is 26.3 Å². The summed E-state index contributed by atoms with van der Waals surface area (Å²) in [5.74, 6) is -0.673. The summed E-state index contributed by atoms with van der Waals surface area (Å²) >= 11 is 0. The van der Waals surface area contributed by atoms with Crippen LogP contribution in [0.25, 0.3) is 4.85 Å². The van der Waals surface area contributed by atoms with Gasteiger partial charge in [0.15, 0.2) is 0 Å². The zero-order valence-corrected chi connectivity index (χ0v) is 16.0. The Bertz CT molecular complexity index is 771. The number of rotatable bonds is 5. The summed E-state index contributed by atoms with van der Waals surface area (Å²) in [7, 11) is 0. The fourth-order valence-electron chi connectivity index (χ4n) is 4.51. The van der Waals surface area contributed by atoms with Gasteiger partial charge in [-0.05, 0) is 49.3 Å². The molecule has 5 heteroatoms. The number of benzene rings is 1. The SMILES string of the molecule is [C-]#[N+]C(C)(C)c1ccc(CC[C@]2(C3CCCC3)CC(=O)CC(=O)O2)cc1F. The van der Waals surface area contributed by atoms with Gasteiger partial charge in [0.2, 0.25) is 0 Å². The van der Waals surface area contributed by atoms with Crippen LogP contribution in [0.1, 0.15) is 69.9 Å². The molecule has 0 bridgehead atoms. The van der Waals surface area contributed by atoms with Gasteiger partial charge in [-0.2, -0.15) is 0 Å². The lowest BCUT2D eigenvalue weighted by atomic mass is 9.76. The maximum Gasteiger partial charge on any atom is 0.313 e. The minimum absolute atomic E-state index is 0.0570. The predicted octanol–water partition coefficient (Wildman–Crippen LogP) is 4.75. The number of ketones is 1. The van der Waals surface area contributed by atoms with Crippen LogP contribution in [0.5, 0.6) is 0 Å². The van der Waals surface area contributed by atoms with Crippen molar-refractivity contribution in [1.29, 1.82) is 0 Å². The van der Waals surface area contributed by atoms with Gasteiger partial charge in [-0.3, -0.25) is 9.59 Å². The molecule has 0 aromatic heterocycles. The van der Waals surface area contributed by atoms with Crippen molar-refractivity contribution in [1.82, 2.24) is 0 Å². The van der Waals surface area contributed by atoms with Crippen LogP contribution >= 0.6 is 0 Å². The average Bonchev–Trinajstić information content (AvgIpc) is 3.14. The second kappa shape index (κ2) is 7.42. The smallest absolute Gasteiger partial charge is 0.313 e. The third-order valence-electron chi connectivity index (χ3n) is 6.06. The molecule has 1 aliphatic heterocycles. The molecular weight excluding hydrogens is 345 g/mol. The van der Waals surface area contributed by atoms with Gasteiger partial charge in [0.05, 0.1) is 5.56 Å². The van der Waals surface area contributed by atoms with Crippen molar-refractivity contribution in [2.24, 2.45) is 5.92 Å². The number of hydrogen-bond acceptors (Lipinski definition) is 3. The third-order valence-corrected chi connectivity index (χ3v) is 6.06. The van der Waals surface area contributed by atoms with Crippen LogP contribution in [0.2, 0.25) is 0 Å². The lowest BCUT2D eigenvalue weighted by molar-refractivity contribution is -0.178. The Morgan fingerprint density at radius 3 is 2.59 bits per heavy atom. The average molecular weight is 371 g/mol. The second-order valence-electron chi connectivity index (χ2n) is 8.40. The van der Waals surface area contributed by atoms with E-state index in [9.17, 15) is 14.0 Å². The van der Waals surface area contributed by atoms with Crippen molar-refractivity contribution >= 4 is 11.8 Å². The molecule has 0 unspecified atom stereocenters. The highest BCUT2D eigenvalue weighted by Crippen LogP contribution is 2.44. The molecule has 0 N–H and O–H groups in total. The Kier molecular flexibility index (Phi) is 5.37. The minimum Gasteiger partial charge on any atom is -0.458 e. The molecule has 1 aromatic carbocycles. The highest BCUT2D eigenvalue weighted by Gasteiger charge is 2.47. The van der Waals surface area contributed by atoms with E-state index in [1.165, 1.54) is 6.07 Å². The summed E-state index contributed by atoms with van der Waals surface area (Å²) in [6.07, 6.45) is 5.31. The molecule has 2 fully saturated rings. The molecular formula is C22H26FNO3. The molecule has 1 heterocycles. The van der Waals surface area contributed by atoms with Crippen molar-refractivity contribution in [3.8, 4) is 0 Å². The number of aryl methyl sites for hydroxylation is 1. The van der Waals surface area contributed by atoms with Gasteiger partial charge in [-0.1, -0.05) is 18.9 Å². The summed E-state index contributed by atoms with van der Waals surface area (Å²) in [6, 6.07) is 4.97. The number of esters is 1. The van der Waals surface area contributed by atoms with Crippen molar-refractivity contribution in [2.45, 2.75) is 76.4 Å². The van der Waals surface area contributed by atoms with Crippen LogP contribution in [0, 0.1) is 18.3 Å². The number of nitrogens with zero attached hydrogens (tertiary/aromatic N) is 1. The number of carbonyl (C=O) groups excluding carboxylic acids is 2. The summed E-state index contributed by atoms with van der Waals surface area (Å²) in [6.45, 7) is 10.6. The topological polar surface area (TPSA) is 47.7 Å². The van der Waals surface area contributed by atoms with E-state index >= 15 is 0 Å². The molecule has 1 saturated heterocycles. The fraction of sp³-hybridized carbons (Fsp3) is 0.591. The molecule has 27 heavy (non-hydrogen) atoms. The Morgan fingerprint density at radius 2 is 2.00 bits per heavy atom. The van der Waals surface area contributed by atoms with Crippen LogP contribution in [0.15, 0.2) is 18.2 Å². The lowest BCUT2D eigenvalue weighted by Gasteiger charge is -2.41. The first-order chi connectivity index (χ1) is 12.8. The van der Waals surface area contributed by atoms with E-state index in [2.05, 4.69) is 4.85 Å². The van der Waals surface area contributed by atoms with Crippen LogP contribution < -0.4 is 0 Å². The molecule has 4 nitrogen and oxygen atoms in total. The zero-order valence-electron chi connectivity index (χ0n) is 16.0. The van der Waals surface area contributed by atoms with E-state index in [-0.39, 0.29) is 30.4 Å². The van der Waals surface area contributed by atoms with Crippen LogP contribution in [0.4, 0.5) is 4.39 Å². The van der Waals surface area contributed by atoms with Crippen molar-refractivity contribution in [2.75, 3.05) is 0 Å². The van der Waals surface area contributed by atoms with E-state index in [1.807, 2.05) is 6.07 Å². The van der Waals surface area contributed by atoms with Crippen LogP contribution in [-0.4, -0.2) is 17.4 Å². The Hall–Kier alpha value is -2.22. The molecule has 144 valence electrons. The van der Waals surface area contributed by atoms with Gasteiger partial charge in [-0.25, -0.2) is 11.0 Å². The maximum atomic E-state index is 14.5. The Morgan fingerprint density at radius 1 is 1.30 bits per heavy atom. The first kappa shape index (κ1) is 19.5. The monoisotopic (exact) mass is 371 g/mol. The molecule has 1 aromatic rings. The molecule has 0 amide bonds. The normalized spacial score (nSPS) is 23.9. The van der Waals surface area contributed by atoms with Gasteiger partial charge < -0.3 is 9.58 Å². The summed E-state index contributed by atoms with van der Waals surface area (Å²) in [4.78, 5) is 27.6. The molecule has 1 saturated carbocycles.